The van der Waals surface area contributed by atoms with Crippen molar-refractivity contribution < 1.29 is 18.6 Å². The first-order valence-corrected chi connectivity index (χ1v) is 7.51. The van der Waals surface area contributed by atoms with Gasteiger partial charge in [-0.05, 0) is 13.0 Å². The van der Waals surface area contributed by atoms with Gasteiger partial charge in [0.1, 0.15) is 4.90 Å². The van der Waals surface area contributed by atoms with Crippen molar-refractivity contribution in [2.75, 3.05) is 20.3 Å². The molecule has 1 aromatic rings. The number of aromatic nitrogens is 1. The minimum Gasteiger partial charge on any atom is -0.395 e. The summed E-state index contributed by atoms with van der Waals surface area (Å²) in [5.41, 5.74) is 0.463. The Bertz CT molecular complexity index is 604. The predicted molar refractivity (Wildman–Crippen MR) is 74.3 cm³/mol. The molecule has 110 valence electrons. The molecular weight excluding hydrogens is 280 g/mol. The Morgan fingerprint density at radius 3 is 2.70 bits per heavy atom. The molecule has 0 spiro atoms. The summed E-state index contributed by atoms with van der Waals surface area (Å²) in [7, 11) is -2.31. The lowest BCUT2D eigenvalue weighted by Crippen LogP contribution is -2.37. The quantitative estimate of drug-likeness (QED) is 0.736. The molecule has 0 aliphatic heterocycles. The highest BCUT2D eigenvalue weighted by Gasteiger charge is 2.25. The summed E-state index contributed by atoms with van der Waals surface area (Å²) in [6.45, 7) is 1.30. The lowest BCUT2D eigenvalue weighted by atomic mass is 10.3. The highest BCUT2D eigenvalue weighted by molar-refractivity contribution is 7.89. The van der Waals surface area contributed by atoms with Crippen molar-refractivity contribution in [1.29, 1.82) is 0 Å². The Morgan fingerprint density at radius 1 is 1.40 bits per heavy atom. The van der Waals surface area contributed by atoms with Crippen molar-refractivity contribution in [3.8, 4) is 11.8 Å². The normalized spacial score (nSPS) is 12.8. The number of rotatable bonds is 5. The maximum atomic E-state index is 12.3. The van der Waals surface area contributed by atoms with Crippen LogP contribution in [0.4, 0.5) is 0 Å². The standard InChI is InChI=1S/C13H18N2O4S/c1-11(10-17)15(2)20(18,19)13-7-12(8-14-9-13)5-3-4-6-16/h7-9,11,16-17H,4,6,10H2,1-2H3. The van der Waals surface area contributed by atoms with E-state index in [1.165, 1.54) is 25.5 Å². The summed E-state index contributed by atoms with van der Waals surface area (Å²) >= 11 is 0. The van der Waals surface area contributed by atoms with Crippen LogP contribution in [0.1, 0.15) is 18.9 Å². The molecule has 1 atom stereocenters. The van der Waals surface area contributed by atoms with E-state index in [0.29, 0.717) is 12.0 Å². The van der Waals surface area contributed by atoms with Gasteiger partial charge in [-0.2, -0.15) is 4.31 Å². The smallest absolute Gasteiger partial charge is 0.244 e. The number of sulfonamides is 1. The number of nitrogens with zero attached hydrogens (tertiary/aromatic N) is 2. The lowest BCUT2D eigenvalue weighted by Gasteiger charge is -2.22. The Kier molecular flexibility index (Phi) is 6.10. The average molecular weight is 298 g/mol. The summed E-state index contributed by atoms with van der Waals surface area (Å²) in [6, 6.07) is 0.900. The third kappa shape index (κ3) is 4.02. The average Bonchev–Trinajstić information content (AvgIpc) is 2.46. The van der Waals surface area contributed by atoms with Gasteiger partial charge in [0.25, 0.3) is 0 Å². The maximum absolute atomic E-state index is 12.3. The second-order valence-corrected chi connectivity index (χ2v) is 6.24. The zero-order chi connectivity index (χ0) is 15.2. The summed E-state index contributed by atoms with van der Waals surface area (Å²) in [5, 5.41) is 17.7. The molecule has 2 N–H and O–H groups in total. The van der Waals surface area contributed by atoms with Crippen LogP contribution in [0.25, 0.3) is 0 Å². The van der Waals surface area contributed by atoms with Gasteiger partial charge in [0, 0.05) is 37.5 Å². The van der Waals surface area contributed by atoms with Gasteiger partial charge in [0.2, 0.25) is 10.0 Å². The number of hydrogen-bond acceptors (Lipinski definition) is 5. The Hall–Kier alpha value is -1.46. The van der Waals surface area contributed by atoms with Crippen LogP contribution in [-0.4, -0.2) is 54.2 Å². The molecule has 1 heterocycles. The van der Waals surface area contributed by atoms with Gasteiger partial charge >= 0.3 is 0 Å². The fourth-order valence-corrected chi connectivity index (χ4v) is 2.71. The van der Waals surface area contributed by atoms with E-state index in [9.17, 15) is 8.42 Å². The Balaban J connectivity index is 3.08. The van der Waals surface area contributed by atoms with Gasteiger partial charge in [-0.15, -0.1) is 0 Å². The zero-order valence-corrected chi connectivity index (χ0v) is 12.3. The van der Waals surface area contributed by atoms with E-state index in [1.807, 2.05) is 0 Å². The van der Waals surface area contributed by atoms with Crippen LogP contribution in [0.5, 0.6) is 0 Å². The summed E-state index contributed by atoms with van der Waals surface area (Å²) in [6.07, 6.45) is 3.02. The number of aliphatic hydroxyl groups excluding tert-OH is 2. The number of hydrogen-bond donors (Lipinski definition) is 2. The third-order valence-corrected chi connectivity index (χ3v) is 4.68. The zero-order valence-electron chi connectivity index (χ0n) is 11.4. The van der Waals surface area contributed by atoms with Gasteiger partial charge in [-0.1, -0.05) is 11.8 Å². The lowest BCUT2D eigenvalue weighted by molar-refractivity contribution is 0.214. The van der Waals surface area contributed by atoms with Crippen molar-refractivity contribution in [2.45, 2.75) is 24.3 Å². The molecule has 0 amide bonds. The van der Waals surface area contributed by atoms with Crippen LogP contribution in [0.15, 0.2) is 23.4 Å². The molecule has 0 fully saturated rings. The van der Waals surface area contributed by atoms with Crippen LogP contribution >= 0.6 is 0 Å². The van der Waals surface area contributed by atoms with E-state index in [1.54, 1.807) is 6.92 Å². The molecule has 0 radical (unpaired) electrons. The summed E-state index contributed by atoms with van der Waals surface area (Å²) in [5.74, 6) is 5.44. The molecule has 0 aromatic carbocycles. The van der Waals surface area contributed by atoms with Gasteiger partial charge in [0.15, 0.2) is 0 Å². The molecule has 20 heavy (non-hydrogen) atoms. The van der Waals surface area contributed by atoms with Crippen molar-refractivity contribution in [3.63, 3.8) is 0 Å². The van der Waals surface area contributed by atoms with Gasteiger partial charge in [-0.3, -0.25) is 4.98 Å². The third-order valence-electron chi connectivity index (χ3n) is 2.74. The van der Waals surface area contributed by atoms with Gasteiger partial charge < -0.3 is 10.2 Å². The number of aliphatic hydroxyl groups is 2. The monoisotopic (exact) mass is 298 g/mol. The molecule has 0 aliphatic rings. The molecular formula is C13H18N2O4S. The highest BCUT2D eigenvalue weighted by Crippen LogP contribution is 2.16. The molecule has 0 aliphatic carbocycles. The molecule has 0 bridgehead atoms. The maximum Gasteiger partial charge on any atom is 0.244 e. The van der Waals surface area contributed by atoms with Gasteiger partial charge in [-0.25, -0.2) is 8.42 Å². The van der Waals surface area contributed by atoms with Crippen molar-refractivity contribution in [1.82, 2.24) is 9.29 Å². The van der Waals surface area contributed by atoms with E-state index < -0.39 is 16.1 Å². The van der Waals surface area contributed by atoms with E-state index in [0.717, 1.165) is 4.31 Å². The van der Waals surface area contributed by atoms with Crippen LogP contribution in [-0.2, 0) is 10.0 Å². The van der Waals surface area contributed by atoms with Crippen LogP contribution < -0.4 is 0 Å². The minimum atomic E-state index is -3.71. The minimum absolute atomic E-state index is 0.0242. The highest BCUT2D eigenvalue weighted by atomic mass is 32.2. The SMILES string of the molecule is CC(CO)N(C)S(=O)(=O)c1cncc(C#CCCO)c1. The van der Waals surface area contributed by atoms with E-state index in [-0.39, 0.29) is 18.1 Å². The molecule has 0 saturated heterocycles. The summed E-state index contributed by atoms with van der Waals surface area (Å²) in [4.78, 5) is 3.89. The number of likely N-dealkylation sites (N-methyl/N-ethyl adjacent to an activating group) is 1. The van der Waals surface area contributed by atoms with E-state index in [2.05, 4.69) is 16.8 Å². The molecule has 1 unspecified atom stereocenters. The largest absolute Gasteiger partial charge is 0.395 e. The van der Waals surface area contributed by atoms with Crippen molar-refractivity contribution in [3.05, 3.63) is 24.0 Å². The van der Waals surface area contributed by atoms with E-state index >= 15 is 0 Å². The van der Waals surface area contributed by atoms with Crippen molar-refractivity contribution >= 4 is 10.0 Å². The van der Waals surface area contributed by atoms with E-state index in [4.69, 9.17) is 10.2 Å². The fraction of sp³-hybridized carbons (Fsp3) is 0.462. The second kappa shape index (κ2) is 7.36. The predicted octanol–water partition coefficient (Wildman–Crippen LogP) is -0.183. The second-order valence-electron chi connectivity index (χ2n) is 4.24. The Labute approximate surface area is 119 Å². The topological polar surface area (TPSA) is 90.7 Å². The van der Waals surface area contributed by atoms with Crippen molar-refractivity contribution in [2.24, 2.45) is 0 Å². The summed E-state index contributed by atoms with van der Waals surface area (Å²) < 4.78 is 25.7. The van der Waals surface area contributed by atoms with Gasteiger partial charge in [0.05, 0.1) is 13.2 Å². The van der Waals surface area contributed by atoms with Crippen LogP contribution in [0.3, 0.4) is 0 Å². The molecule has 0 saturated carbocycles. The molecule has 1 aromatic heterocycles. The van der Waals surface area contributed by atoms with Crippen LogP contribution in [0, 0.1) is 11.8 Å². The first-order chi connectivity index (χ1) is 9.43. The Morgan fingerprint density at radius 2 is 2.10 bits per heavy atom. The first-order valence-electron chi connectivity index (χ1n) is 6.07. The molecule has 1 rings (SSSR count). The molecule has 7 heteroatoms. The molecule has 6 nitrogen and oxygen atoms in total. The fourth-order valence-electron chi connectivity index (χ4n) is 1.37. The number of pyridine rings is 1. The first kappa shape index (κ1) is 16.6. The van der Waals surface area contributed by atoms with Crippen LogP contribution in [0.2, 0.25) is 0 Å².